The molecule has 2 aromatic rings. The number of rotatable bonds is 3. The second kappa shape index (κ2) is 7.79. The van der Waals surface area contributed by atoms with Gasteiger partial charge in [-0.15, -0.1) is 0 Å². The smallest absolute Gasteiger partial charge is 0.225 e. The quantitative estimate of drug-likeness (QED) is 0.830. The van der Waals surface area contributed by atoms with Gasteiger partial charge in [0, 0.05) is 50.3 Å². The molecular weight excluding hydrogens is 336 g/mol. The summed E-state index contributed by atoms with van der Waals surface area (Å²) in [6.07, 6.45) is 8.89. The third kappa shape index (κ3) is 4.20. The van der Waals surface area contributed by atoms with Crippen LogP contribution in [0.15, 0.2) is 18.5 Å². The van der Waals surface area contributed by atoms with Crippen LogP contribution in [0.1, 0.15) is 42.8 Å². The molecule has 2 fully saturated rings. The molecule has 2 aromatic heterocycles. The normalized spacial score (nSPS) is 19.5. The minimum atomic E-state index is 0.836. The van der Waals surface area contributed by atoms with Crippen molar-refractivity contribution in [3.8, 4) is 0 Å². The second-order valence-corrected chi connectivity index (χ2v) is 8.12. The largest absolute Gasteiger partial charge is 0.356 e. The molecule has 0 N–H and O–H groups in total. The van der Waals surface area contributed by atoms with Crippen LogP contribution in [-0.2, 0) is 0 Å². The fourth-order valence-electron chi connectivity index (χ4n) is 4.58. The second-order valence-electron chi connectivity index (χ2n) is 8.12. The Hall–Kier alpha value is -2.24. The molecule has 4 heterocycles. The maximum Gasteiger partial charge on any atom is 0.225 e. The van der Waals surface area contributed by atoms with Gasteiger partial charge in [-0.2, -0.15) is 0 Å². The minimum Gasteiger partial charge on any atom is -0.356 e. The van der Waals surface area contributed by atoms with Crippen molar-refractivity contribution in [2.45, 2.75) is 46.5 Å². The number of hydrogen-bond acceptors (Lipinski definition) is 6. The Bertz CT molecular complexity index is 738. The van der Waals surface area contributed by atoms with E-state index in [1.54, 1.807) is 0 Å². The molecule has 2 saturated heterocycles. The van der Waals surface area contributed by atoms with Gasteiger partial charge in [0.1, 0.15) is 11.6 Å². The molecule has 2 aliphatic heterocycles. The maximum atomic E-state index is 4.64. The Morgan fingerprint density at radius 3 is 1.89 bits per heavy atom. The molecule has 4 rings (SSSR count). The predicted octanol–water partition coefficient (Wildman–Crippen LogP) is 3.32. The van der Waals surface area contributed by atoms with Crippen molar-refractivity contribution < 1.29 is 0 Å². The summed E-state index contributed by atoms with van der Waals surface area (Å²) in [5.74, 6) is 4.54. The molecule has 0 aliphatic carbocycles. The van der Waals surface area contributed by atoms with Crippen molar-refractivity contribution in [1.29, 1.82) is 0 Å². The number of anilines is 2. The highest BCUT2D eigenvalue weighted by atomic mass is 15.2. The SMILES string of the molecule is Cc1cnc(N2CCC(C3CCN(c4cc(C)nc(C)n4)CC3)CC2)nc1. The van der Waals surface area contributed by atoms with Gasteiger partial charge in [0.25, 0.3) is 0 Å². The molecule has 0 amide bonds. The number of aryl methyl sites for hydroxylation is 3. The van der Waals surface area contributed by atoms with Crippen molar-refractivity contribution in [1.82, 2.24) is 19.9 Å². The molecule has 0 bridgehead atoms. The van der Waals surface area contributed by atoms with Crippen LogP contribution in [0.5, 0.6) is 0 Å². The van der Waals surface area contributed by atoms with Crippen molar-refractivity contribution in [3.05, 3.63) is 35.5 Å². The molecule has 0 unspecified atom stereocenters. The van der Waals surface area contributed by atoms with E-state index in [2.05, 4.69) is 42.7 Å². The van der Waals surface area contributed by atoms with E-state index in [1.807, 2.05) is 26.2 Å². The molecule has 0 aromatic carbocycles. The average molecular weight is 367 g/mol. The van der Waals surface area contributed by atoms with Gasteiger partial charge in [-0.25, -0.2) is 19.9 Å². The zero-order chi connectivity index (χ0) is 18.8. The molecule has 0 atom stereocenters. The standard InChI is InChI=1S/C21H30N6/c1-15-13-22-21(23-14-15)27-10-6-19(7-11-27)18-4-8-26(9-5-18)20-12-16(2)24-17(3)25-20/h12-14,18-19H,4-11H2,1-3H3. The van der Waals surface area contributed by atoms with Gasteiger partial charge < -0.3 is 9.80 Å². The number of hydrogen-bond donors (Lipinski definition) is 0. The Kier molecular flexibility index (Phi) is 5.23. The Morgan fingerprint density at radius 2 is 1.33 bits per heavy atom. The molecule has 2 aliphatic rings. The zero-order valence-electron chi connectivity index (χ0n) is 16.7. The van der Waals surface area contributed by atoms with Crippen LogP contribution in [0.2, 0.25) is 0 Å². The summed E-state index contributed by atoms with van der Waals surface area (Å²) in [4.78, 5) is 22.8. The summed E-state index contributed by atoms with van der Waals surface area (Å²) < 4.78 is 0. The first-order valence-electron chi connectivity index (χ1n) is 10.2. The monoisotopic (exact) mass is 366 g/mol. The van der Waals surface area contributed by atoms with E-state index in [9.17, 15) is 0 Å². The summed E-state index contributed by atoms with van der Waals surface area (Å²) in [6, 6.07) is 2.12. The van der Waals surface area contributed by atoms with E-state index in [4.69, 9.17) is 0 Å². The molecule has 144 valence electrons. The van der Waals surface area contributed by atoms with Crippen molar-refractivity contribution in [2.75, 3.05) is 36.0 Å². The van der Waals surface area contributed by atoms with E-state index in [0.29, 0.717) is 0 Å². The molecule has 27 heavy (non-hydrogen) atoms. The maximum absolute atomic E-state index is 4.64. The number of aromatic nitrogens is 4. The van der Waals surface area contributed by atoms with Gasteiger partial charge >= 0.3 is 0 Å². The lowest BCUT2D eigenvalue weighted by atomic mass is 9.79. The molecule has 0 radical (unpaired) electrons. The molecular formula is C21H30N6. The predicted molar refractivity (Wildman–Crippen MR) is 108 cm³/mol. The Labute approximate surface area is 162 Å². The summed E-state index contributed by atoms with van der Waals surface area (Å²) >= 11 is 0. The first kappa shape index (κ1) is 18.1. The van der Waals surface area contributed by atoms with Crippen LogP contribution in [0, 0.1) is 32.6 Å². The molecule has 0 spiro atoms. The van der Waals surface area contributed by atoms with Crippen molar-refractivity contribution >= 4 is 11.8 Å². The molecule has 0 saturated carbocycles. The van der Waals surface area contributed by atoms with Gasteiger partial charge in [0.2, 0.25) is 5.95 Å². The van der Waals surface area contributed by atoms with Crippen LogP contribution in [0.25, 0.3) is 0 Å². The summed E-state index contributed by atoms with van der Waals surface area (Å²) in [6.45, 7) is 10.5. The third-order valence-corrected chi connectivity index (χ3v) is 6.07. The van der Waals surface area contributed by atoms with Crippen LogP contribution < -0.4 is 9.80 Å². The zero-order valence-corrected chi connectivity index (χ0v) is 16.7. The minimum absolute atomic E-state index is 0.836. The first-order chi connectivity index (χ1) is 13.1. The van der Waals surface area contributed by atoms with Crippen molar-refractivity contribution in [2.24, 2.45) is 11.8 Å². The average Bonchev–Trinajstić information content (AvgIpc) is 2.68. The fourth-order valence-corrected chi connectivity index (χ4v) is 4.58. The van der Waals surface area contributed by atoms with Gasteiger partial charge in [-0.1, -0.05) is 0 Å². The highest BCUT2D eigenvalue weighted by Crippen LogP contribution is 2.34. The van der Waals surface area contributed by atoms with Gasteiger partial charge in [-0.05, 0) is 63.9 Å². The van der Waals surface area contributed by atoms with E-state index in [0.717, 1.165) is 66.9 Å². The Balaban J connectivity index is 1.30. The lowest BCUT2D eigenvalue weighted by molar-refractivity contribution is 0.232. The van der Waals surface area contributed by atoms with Crippen LogP contribution in [0.4, 0.5) is 11.8 Å². The van der Waals surface area contributed by atoms with Gasteiger partial charge in [0.15, 0.2) is 0 Å². The number of piperidine rings is 2. The van der Waals surface area contributed by atoms with E-state index in [-0.39, 0.29) is 0 Å². The van der Waals surface area contributed by atoms with Crippen molar-refractivity contribution in [3.63, 3.8) is 0 Å². The topological polar surface area (TPSA) is 58.0 Å². The summed E-state index contributed by atoms with van der Waals surface area (Å²) in [5, 5.41) is 0. The van der Waals surface area contributed by atoms with Crippen LogP contribution >= 0.6 is 0 Å². The lowest BCUT2D eigenvalue weighted by Gasteiger charge is -2.40. The molecule has 6 nitrogen and oxygen atoms in total. The molecule has 6 heteroatoms. The third-order valence-electron chi connectivity index (χ3n) is 6.07. The van der Waals surface area contributed by atoms with Crippen LogP contribution in [-0.4, -0.2) is 46.1 Å². The van der Waals surface area contributed by atoms with E-state index in [1.165, 1.54) is 25.7 Å². The van der Waals surface area contributed by atoms with Gasteiger partial charge in [-0.3, -0.25) is 0 Å². The van der Waals surface area contributed by atoms with Gasteiger partial charge in [0.05, 0.1) is 0 Å². The fraction of sp³-hybridized carbons (Fsp3) is 0.619. The van der Waals surface area contributed by atoms with E-state index < -0.39 is 0 Å². The number of nitrogens with zero attached hydrogens (tertiary/aromatic N) is 6. The first-order valence-corrected chi connectivity index (χ1v) is 10.2. The highest BCUT2D eigenvalue weighted by Gasteiger charge is 2.30. The summed E-state index contributed by atoms with van der Waals surface area (Å²) in [5.41, 5.74) is 2.18. The Morgan fingerprint density at radius 1 is 0.778 bits per heavy atom. The van der Waals surface area contributed by atoms with E-state index >= 15 is 0 Å². The highest BCUT2D eigenvalue weighted by molar-refractivity contribution is 5.40. The summed E-state index contributed by atoms with van der Waals surface area (Å²) in [7, 11) is 0. The lowest BCUT2D eigenvalue weighted by Crippen LogP contribution is -2.41. The van der Waals surface area contributed by atoms with Crippen LogP contribution in [0.3, 0.4) is 0 Å².